The first-order valence-electron chi connectivity index (χ1n) is 4.38. The number of hydrogen-bond donors (Lipinski definition) is 1. The zero-order chi connectivity index (χ0) is 11.6. The van der Waals surface area contributed by atoms with Crippen molar-refractivity contribution in [3.63, 3.8) is 0 Å². The third-order valence-corrected chi connectivity index (χ3v) is 2.68. The summed E-state index contributed by atoms with van der Waals surface area (Å²) in [6.07, 6.45) is 1.56. The van der Waals surface area contributed by atoms with Gasteiger partial charge in [0.15, 0.2) is 0 Å². The first kappa shape index (κ1) is 12.1. The van der Waals surface area contributed by atoms with Crippen molar-refractivity contribution in [3.05, 3.63) is 32.5 Å². The standard InChI is InChI=1S/C9H12BrN3O2/c1-9(2,11-3)8-7(13(14)15)4-6(10)5-12-8/h4-5,11H,1-3H3. The molecule has 1 heterocycles. The second-order valence-corrected chi connectivity index (χ2v) is 4.57. The van der Waals surface area contributed by atoms with Crippen LogP contribution < -0.4 is 5.32 Å². The van der Waals surface area contributed by atoms with Crippen LogP contribution in [0.15, 0.2) is 16.7 Å². The molecular formula is C9H12BrN3O2. The van der Waals surface area contributed by atoms with E-state index in [2.05, 4.69) is 26.2 Å². The smallest absolute Gasteiger partial charge is 0.293 e. The van der Waals surface area contributed by atoms with Gasteiger partial charge in [-0.15, -0.1) is 0 Å². The molecule has 82 valence electrons. The van der Waals surface area contributed by atoms with E-state index >= 15 is 0 Å². The van der Waals surface area contributed by atoms with Crippen molar-refractivity contribution in [1.29, 1.82) is 0 Å². The molecule has 0 spiro atoms. The van der Waals surface area contributed by atoms with Crippen LogP contribution in [0.1, 0.15) is 19.5 Å². The van der Waals surface area contributed by atoms with E-state index in [1.54, 1.807) is 13.2 Å². The predicted octanol–water partition coefficient (Wildman–Crippen LogP) is 2.21. The minimum atomic E-state index is -0.525. The maximum atomic E-state index is 10.9. The molecule has 0 aliphatic heterocycles. The van der Waals surface area contributed by atoms with E-state index in [9.17, 15) is 10.1 Å². The summed E-state index contributed by atoms with van der Waals surface area (Å²) in [5.41, 5.74) is -0.0785. The lowest BCUT2D eigenvalue weighted by Crippen LogP contribution is -2.34. The Morgan fingerprint density at radius 3 is 2.67 bits per heavy atom. The second kappa shape index (κ2) is 4.24. The topological polar surface area (TPSA) is 68.1 Å². The molecule has 0 radical (unpaired) electrons. The first-order valence-corrected chi connectivity index (χ1v) is 5.17. The number of nitro groups is 1. The van der Waals surface area contributed by atoms with Gasteiger partial charge in [-0.25, -0.2) is 0 Å². The van der Waals surface area contributed by atoms with Crippen LogP contribution in [-0.2, 0) is 5.54 Å². The highest BCUT2D eigenvalue weighted by Gasteiger charge is 2.29. The van der Waals surface area contributed by atoms with E-state index in [-0.39, 0.29) is 5.69 Å². The summed E-state index contributed by atoms with van der Waals surface area (Å²) in [6.45, 7) is 3.69. The fraction of sp³-hybridized carbons (Fsp3) is 0.444. The first-order chi connectivity index (χ1) is 6.88. The average molecular weight is 274 g/mol. The van der Waals surface area contributed by atoms with E-state index in [1.807, 2.05) is 13.8 Å². The molecule has 1 rings (SSSR count). The van der Waals surface area contributed by atoms with E-state index in [4.69, 9.17) is 0 Å². The van der Waals surface area contributed by atoms with E-state index < -0.39 is 10.5 Å². The van der Waals surface area contributed by atoms with Gasteiger partial charge in [0.05, 0.1) is 10.5 Å². The van der Waals surface area contributed by atoms with Crippen LogP contribution in [0.5, 0.6) is 0 Å². The van der Waals surface area contributed by atoms with Crippen molar-refractivity contribution in [2.45, 2.75) is 19.4 Å². The Morgan fingerprint density at radius 2 is 2.20 bits per heavy atom. The fourth-order valence-corrected chi connectivity index (χ4v) is 1.49. The molecule has 0 atom stereocenters. The highest BCUT2D eigenvalue weighted by molar-refractivity contribution is 9.10. The van der Waals surface area contributed by atoms with Crippen LogP contribution in [0, 0.1) is 10.1 Å². The van der Waals surface area contributed by atoms with Gasteiger partial charge in [0.25, 0.3) is 5.69 Å². The Kier molecular flexibility index (Phi) is 3.41. The molecular weight excluding hydrogens is 262 g/mol. The number of halogens is 1. The van der Waals surface area contributed by atoms with Crippen molar-refractivity contribution >= 4 is 21.6 Å². The minimum absolute atomic E-state index is 0.0173. The minimum Gasteiger partial charge on any atom is -0.309 e. The number of aromatic nitrogens is 1. The highest BCUT2D eigenvalue weighted by Crippen LogP contribution is 2.29. The fourth-order valence-electron chi connectivity index (χ4n) is 1.17. The molecule has 0 bridgehead atoms. The molecule has 15 heavy (non-hydrogen) atoms. The Hall–Kier alpha value is -1.01. The summed E-state index contributed by atoms with van der Waals surface area (Å²) >= 11 is 3.17. The highest BCUT2D eigenvalue weighted by atomic mass is 79.9. The van der Waals surface area contributed by atoms with Gasteiger partial charge in [-0.05, 0) is 36.8 Å². The predicted molar refractivity (Wildman–Crippen MR) is 60.7 cm³/mol. The number of nitrogens with zero attached hydrogens (tertiary/aromatic N) is 2. The largest absolute Gasteiger partial charge is 0.309 e. The quantitative estimate of drug-likeness (QED) is 0.677. The molecule has 0 saturated heterocycles. The van der Waals surface area contributed by atoms with Crippen LogP contribution in [0.4, 0.5) is 5.69 Å². The zero-order valence-electron chi connectivity index (χ0n) is 8.74. The van der Waals surface area contributed by atoms with Crippen molar-refractivity contribution in [1.82, 2.24) is 10.3 Å². The monoisotopic (exact) mass is 273 g/mol. The zero-order valence-corrected chi connectivity index (χ0v) is 10.3. The molecule has 0 amide bonds. The average Bonchev–Trinajstić information content (AvgIpc) is 2.17. The van der Waals surface area contributed by atoms with E-state index in [1.165, 1.54) is 6.07 Å². The van der Waals surface area contributed by atoms with E-state index in [0.717, 1.165) is 0 Å². The van der Waals surface area contributed by atoms with Gasteiger partial charge in [-0.2, -0.15) is 0 Å². The number of rotatable bonds is 3. The summed E-state index contributed by atoms with van der Waals surface area (Å²) < 4.78 is 0.602. The van der Waals surface area contributed by atoms with Crippen molar-refractivity contribution < 1.29 is 4.92 Å². The molecule has 0 saturated carbocycles. The van der Waals surface area contributed by atoms with Crippen LogP contribution in [0.25, 0.3) is 0 Å². The summed E-state index contributed by atoms with van der Waals surface area (Å²) in [6, 6.07) is 1.46. The SMILES string of the molecule is CNC(C)(C)c1ncc(Br)cc1[N+](=O)[O-]. The van der Waals surface area contributed by atoms with Crippen molar-refractivity contribution in [3.8, 4) is 0 Å². The summed E-state index contributed by atoms with van der Waals surface area (Å²) in [5.74, 6) is 0. The van der Waals surface area contributed by atoms with Gasteiger partial charge in [-0.3, -0.25) is 15.1 Å². The van der Waals surface area contributed by atoms with Crippen LogP contribution in [-0.4, -0.2) is 17.0 Å². The Labute approximate surface area is 96.2 Å². The maximum Gasteiger partial charge on any atom is 0.293 e. The van der Waals surface area contributed by atoms with Crippen LogP contribution in [0.2, 0.25) is 0 Å². The second-order valence-electron chi connectivity index (χ2n) is 3.65. The Morgan fingerprint density at radius 1 is 1.60 bits per heavy atom. The normalized spacial score (nSPS) is 11.5. The van der Waals surface area contributed by atoms with Gasteiger partial charge < -0.3 is 5.32 Å². The number of pyridine rings is 1. The van der Waals surface area contributed by atoms with Gasteiger partial charge in [-0.1, -0.05) is 0 Å². The Bertz CT molecular complexity index is 393. The molecule has 1 N–H and O–H groups in total. The summed E-state index contributed by atoms with van der Waals surface area (Å²) in [5, 5.41) is 13.8. The van der Waals surface area contributed by atoms with Crippen LogP contribution >= 0.6 is 15.9 Å². The van der Waals surface area contributed by atoms with Gasteiger partial charge in [0, 0.05) is 16.7 Å². The van der Waals surface area contributed by atoms with Crippen molar-refractivity contribution in [2.24, 2.45) is 0 Å². The molecule has 0 aliphatic rings. The van der Waals surface area contributed by atoms with Gasteiger partial charge in [0.2, 0.25) is 0 Å². The third-order valence-electron chi connectivity index (χ3n) is 2.25. The third kappa shape index (κ3) is 2.51. The van der Waals surface area contributed by atoms with Crippen molar-refractivity contribution in [2.75, 3.05) is 7.05 Å². The lowest BCUT2D eigenvalue weighted by molar-refractivity contribution is -0.386. The number of nitrogens with one attached hydrogen (secondary N) is 1. The van der Waals surface area contributed by atoms with E-state index in [0.29, 0.717) is 10.2 Å². The number of hydrogen-bond acceptors (Lipinski definition) is 4. The molecule has 1 aromatic heterocycles. The van der Waals surface area contributed by atoms with Gasteiger partial charge in [0.1, 0.15) is 5.69 Å². The molecule has 0 aliphatic carbocycles. The summed E-state index contributed by atoms with van der Waals surface area (Å²) in [7, 11) is 1.74. The lowest BCUT2D eigenvalue weighted by Gasteiger charge is -2.22. The molecule has 0 fully saturated rings. The molecule has 6 heteroatoms. The summed E-state index contributed by atoms with van der Waals surface area (Å²) in [4.78, 5) is 14.5. The molecule has 0 unspecified atom stereocenters. The maximum absolute atomic E-state index is 10.9. The Balaban J connectivity index is 3.35. The molecule has 0 aromatic carbocycles. The van der Waals surface area contributed by atoms with Crippen LogP contribution in [0.3, 0.4) is 0 Å². The molecule has 5 nitrogen and oxygen atoms in total. The lowest BCUT2D eigenvalue weighted by atomic mass is 9.99. The van der Waals surface area contributed by atoms with Gasteiger partial charge >= 0.3 is 0 Å². The molecule has 1 aromatic rings.